The maximum Gasteiger partial charge on any atom is 0.257 e. The fourth-order valence-corrected chi connectivity index (χ4v) is 3.47. The van der Waals surface area contributed by atoms with Crippen LogP contribution in [0.3, 0.4) is 0 Å². The van der Waals surface area contributed by atoms with E-state index < -0.39 is 0 Å². The van der Waals surface area contributed by atoms with Crippen molar-refractivity contribution in [2.75, 3.05) is 45.9 Å². The number of furan rings is 2. The second kappa shape index (κ2) is 10.3. The van der Waals surface area contributed by atoms with Gasteiger partial charge in [0.2, 0.25) is 5.91 Å². The number of morpholine rings is 1. The van der Waals surface area contributed by atoms with Gasteiger partial charge >= 0.3 is 0 Å². The van der Waals surface area contributed by atoms with Crippen molar-refractivity contribution in [3.63, 3.8) is 0 Å². The molecule has 2 aromatic rings. The van der Waals surface area contributed by atoms with Gasteiger partial charge in [-0.25, -0.2) is 0 Å². The Morgan fingerprint density at radius 1 is 1.24 bits per heavy atom. The van der Waals surface area contributed by atoms with Crippen LogP contribution in [0.5, 0.6) is 0 Å². The molecule has 1 aliphatic heterocycles. The molecule has 2 N–H and O–H groups in total. The molecule has 0 unspecified atom stereocenters. The number of hydrogen-bond donors (Lipinski definition) is 2. The second-order valence-corrected chi connectivity index (χ2v) is 7.35. The lowest BCUT2D eigenvalue weighted by Gasteiger charge is -2.24. The molecule has 0 aliphatic carbocycles. The summed E-state index contributed by atoms with van der Waals surface area (Å²) in [5, 5.41) is 2.96. The molecule has 0 spiro atoms. The highest BCUT2D eigenvalue weighted by Gasteiger charge is 2.22. The summed E-state index contributed by atoms with van der Waals surface area (Å²) in [5.41, 5.74) is 0.519. The molecule has 3 heterocycles. The van der Waals surface area contributed by atoms with E-state index >= 15 is 0 Å². The van der Waals surface area contributed by atoms with Gasteiger partial charge in [0.05, 0.1) is 44.7 Å². The first-order chi connectivity index (χ1) is 14.0. The summed E-state index contributed by atoms with van der Waals surface area (Å²) >= 11 is 0. The van der Waals surface area contributed by atoms with E-state index in [-0.39, 0.29) is 18.2 Å². The van der Waals surface area contributed by atoms with Crippen LogP contribution < -0.4 is 10.2 Å². The number of aryl methyl sites for hydroxylation is 2. The van der Waals surface area contributed by atoms with Crippen molar-refractivity contribution in [2.24, 2.45) is 0 Å². The lowest BCUT2D eigenvalue weighted by molar-refractivity contribution is -0.906. The summed E-state index contributed by atoms with van der Waals surface area (Å²) in [4.78, 5) is 28.4. The zero-order valence-corrected chi connectivity index (χ0v) is 17.2. The van der Waals surface area contributed by atoms with E-state index in [0.29, 0.717) is 42.5 Å². The molecule has 1 fully saturated rings. The fourth-order valence-electron chi connectivity index (χ4n) is 3.47. The molecule has 1 saturated heterocycles. The maximum absolute atomic E-state index is 13.0. The van der Waals surface area contributed by atoms with Crippen LogP contribution in [0.1, 0.15) is 34.1 Å². The van der Waals surface area contributed by atoms with Gasteiger partial charge in [-0.15, -0.1) is 0 Å². The van der Waals surface area contributed by atoms with E-state index in [1.807, 2.05) is 13.0 Å². The first-order valence-electron chi connectivity index (χ1n) is 10.1. The molecule has 2 aromatic heterocycles. The van der Waals surface area contributed by atoms with Crippen LogP contribution in [0.2, 0.25) is 0 Å². The maximum atomic E-state index is 13.0. The number of carbonyl (C=O) groups excluding carboxylic acids is 2. The van der Waals surface area contributed by atoms with Gasteiger partial charge in [-0.1, -0.05) is 0 Å². The second-order valence-electron chi connectivity index (χ2n) is 7.35. The third kappa shape index (κ3) is 6.20. The van der Waals surface area contributed by atoms with Crippen LogP contribution in [-0.4, -0.2) is 62.7 Å². The van der Waals surface area contributed by atoms with Crippen molar-refractivity contribution >= 4 is 11.8 Å². The predicted octanol–water partition coefficient (Wildman–Crippen LogP) is 0.553. The Morgan fingerprint density at radius 3 is 2.69 bits per heavy atom. The lowest BCUT2D eigenvalue weighted by Crippen LogP contribution is -3.14. The number of ether oxygens (including phenoxy) is 1. The van der Waals surface area contributed by atoms with Gasteiger partial charge in [-0.2, -0.15) is 0 Å². The van der Waals surface area contributed by atoms with Gasteiger partial charge in [-0.3, -0.25) is 9.59 Å². The minimum absolute atomic E-state index is 0.0602. The molecule has 0 atom stereocenters. The van der Waals surface area contributed by atoms with E-state index in [1.54, 1.807) is 30.2 Å². The average molecular weight is 404 g/mol. The molecule has 1 aliphatic rings. The van der Waals surface area contributed by atoms with Gasteiger partial charge < -0.3 is 28.7 Å². The summed E-state index contributed by atoms with van der Waals surface area (Å²) in [7, 11) is 0. The van der Waals surface area contributed by atoms with E-state index in [1.165, 1.54) is 4.90 Å². The highest BCUT2D eigenvalue weighted by molar-refractivity contribution is 5.95. The number of nitrogens with one attached hydrogen (secondary N) is 2. The summed E-state index contributed by atoms with van der Waals surface area (Å²) in [6, 6.07) is 5.34. The Hall–Kier alpha value is -2.58. The van der Waals surface area contributed by atoms with Crippen molar-refractivity contribution in [3.05, 3.63) is 47.3 Å². The first-order valence-corrected chi connectivity index (χ1v) is 10.1. The molecular formula is C21H30N3O5+. The van der Waals surface area contributed by atoms with E-state index in [4.69, 9.17) is 13.6 Å². The van der Waals surface area contributed by atoms with Gasteiger partial charge in [0.15, 0.2) is 0 Å². The Balaban J connectivity index is 1.53. The topological polar surface area (TPSA) is 89.4 Å². The molecule has 2 amide bonds. The zero-order valence-electron chi connectivity index (χ0n) is 17.2. The minimum atomic E-state index is -0.165. The summed E-state index contributed by atoms with van der Waals surface area (Å²) in [6.07, 6.45) is 1.81. The fraction of sp³-hybridized carbons (Fsp3) is 0.524. The molecule has 3 rings (SSSR count). The highest BCUT2D eigenvalue weighted by atomic mass is 16.5. The molecule has 0 radical (unpaired) electrons. The van der Waals surface area contributed by atoms with Crippen LogP contribution in [0, 0.1) is 13.8 Å². The van der Waals surface area contributed by atoms with Crippen molar-refractivity contribution in [2.45, 2.75) is 26.8 Å². The molecule has 0 aromatic carbocycles. The quantitative estimate of drug-likeness (QED) is 0.637. The largest absolute Gasteiger partial charge is 0.467 e. The predicted molar refractivity (Wildman–Crippen MR) is 106 cm³/mol. The number of nitrogens with zero attached hydrogens (tertiary/aromatic N) is 1. The Kier molecular flexibility index (Phi) is 7.48. The molecule has 158 valence electrons. The molecule has 0 bridgehead atoms. The Bertz CT molecular complexity index is 793. The van der Waals surface area contributed by atoms with Crippen LogP contribution in [-0.2, 0) is 16.1 Å². The third-order valence-corrected chi connectivity index (χ3v) is 5.09. The Labute approximate surface area is 170 Å². The Morgan fingerprint density at radius 2 is 2.03 bits per heavy atom. The number of rotatable bonds is 9. The molecule has 0 saturated carbocycles. The SMILES string of the molecule is Cc1cc(C(=O)N(CCC(=O)NCC[NH+]2CCOCC2)Cc2ccco2)c(C)o1. The van der Waals surface area contributed by atoms with Crippen LogP contribution >= 0.6 is 0 Å². The van der Waals surface area contributed by atoms with Gasteiger partial charge in [0.1, 0.15) is 30.4 Å². The van der Waals surface area contributed by atoms with Crippen LogP contribution in [0.25, 0.3) is 0 Å². The number of amides is 2. The summed E-state index contributed by atoms with van der Waals surface area (Å²) < 4.78 is 16.2. The highest BCUT2D eigenvalue weighted by Crippen LogP contribution is 2.18. The molecule has 8 heteroatoms. The van der Waals surface area contributed by atoms with Crippen molar-refractivity contribution < 1.29 is 28.1 Å². The first kappa shape index (κ1) is 21.1. The summed E-state index contributed by atoms with van der Waals surface area (Å²) in [5.74, 6) is 1.71. The van der Waals surface area contributed by atoms with Crippen molar-refractivity contribution in [1.29, 1.82) is 0 Å². The number of carbonyl (C=O) groups is 2. The molecular weight excluding hydrogens is 374 g/mol. The average Bonchev–Trinajstić information content (AvgIpc) is 3.34. The van der Waals surface area contributed by atoms with E-state index in [2.05, 4.69) is 5.32 Å². The van der Waals surface area contributed by atoms with E-state index in [0.717, 1.165) is 32.8 Å². The standard InChI is InChI=1S/C21H29N3O5/c1-16-14-19(17(2)29-16)21(26)24(15-18-4-3-11-28-18)7-5-20(25)22-6-8-23-9-12-27-13-10-23/h3-4,11,14H,5-10,12-13,15H2,1-2H3,(H,22,25)/p+1. The molecule has 29 heavy (non-hydrogen) atoms. The van der Waals surface area contributed by atoms with Crippen molar-refractivity contribution in [3.8, 4) is 0 Å². The number of hydrogen-bond acceptors (Lipinski definition) is 5. The van der Waals surface area contributed by atoms with Crippen LogP contribution in [0.4, 0.5) is 0 Å². The normalized spacial score (nSPS) is 14.7. The van der Waals surface area contributed by atoms with Crippen molar-refractivity contribution in [1.82, 2.24) is 10.2 Å². The smallest absolute Gasteiger partial charge is 0.257 e. The van der Waals surface area contributed by atoms with Gasteiger partial charge in [0, 0.05) is 13.0 Å². The van der Waals surface area contributed by atoms with Gasteiger partial charge in [-0.05, 0) is 32.0 Å². The monoisotopic (exact) mass is 404 g/mol. The number of quaternary nitrogens is 1. The van der Waals surface area contributed by atoms with E-state index in [9.17, 15) is 9.59 Å². The zero-order chi connectivity index (χ0) is 20.6. The van der Waals surface area contributed by atoms with Gasteiger partial charge in [0.25, 0.3) is 5.91 Å². The van der Waals surface area contributed by atoms with Crippen LogP contribution in [0.15, 0.2) is 33.3 Å². The summed E-state index contributed by atoms with van der Waals surface area (Å²) in [6.45, 7) is 9.21. The minimum Gasteiger partial charge on any atom is -0.467 e. The third-order valence-electron chi connectivity index (χ3n) is 5.09. The molecule has 8 nitrogen and oxygen atoms in total. The lowest BCUT2D eigenvalue weighted by atomic mass is 10.2.